The Morgan fingerprint density at radius 3 is 0.786 bits per heavy atom. The molecular formula is C38H58N3Si. The maximum atomic E-state index is 4.50. The topological polar surface area (TPSA) is 78.1 Å². The summed E-state index contributed by atoms with van der Waals surface area (Å²) in [5, 5.41) is 4.61. The van der Waals surface area contributed by atoms with Gasteiger partial charge in [0, 0.05) is 5.54 Å². The van der Waals surface area contributed by atoms with Gasteiger partial charge in [0.2, 0.25) is 0 Å². The molecule has 42 heavy (non-hydrogen) atoms. The third-order valence-corrected chi connectivity index (χ3v) is 12.7. The highest BCUT2D eigenvalue weighted by Gasteiger charge is 2.46. The lowest BCUT2D eigenvalue weighted by atomic mass is 10.1. The third-order valence-electron chi connectivity index (χ3n) is 8.00. The van der Waals surface area contributed by atoms with Crippen LogP contribution in [-0.2, 0) is 38.5 Å². The van der Waals surface area contributed by atoms with E-state index >= 15 is 0 Å². The first-order valence-electron chi connectivity index (χ1n) is 15.9. The molecule has 229 valence electrons. The normalized spacial score (nSPS) is 12.1. The number of allylic oxidation sites excluding steroid dienone is 4. The van der Waals surface area contributed by atoms with Crippen LogP contribution in [0.25, 0.3) is 0 Å². The average molecular weight is 585 g/mol. The lowest BCUT2D eigenvalue weighted by Gasteiger charge is -2.39. The van der Waals surface area contributed by atoms with Gasteiger partial charge in [-0.25, -0.2) is 0 Å². The van der Waals surface area contributed by atoms with E-state index in [1.807, 2.05) is 0 Å². The summed E-state index contributed by atoms with van der Waals surface area (Å²) in [5.41, 5.74) is 23.7. The average Bonchev–Trinajstić information content (AvgIpc) is 3.62. The van der Waals surface area contributed by atoms with Crippen molar-refractivity contribution in [2.45, 2.75) is 80.1 Å². The van der Waals surface area contributed by atoms with Crippen molar-refractivity contribution in [2.24, 2.45) is 17.2 Å². The van der Waals surface area contributed by atoms with E-state index in [2.05, 4.69) is 138 Å². The summed E-state index contributed by atoms with van der Waals surface area (Å²) in [6.07, 6.45) is 15.7. The monoisotopic (exact) mass is 584 g/mol. The maximum Gasteiger partial charge on any atom is 0.162 e. The molecule has 0 atom stereocenters. The Labute approximate surface area is 259 Å². The van der Waals surface area contributed by atoms with Crippen LogP contribution in [-0.4, -0.2) is 29.2 Å². The zero-order chi connectivity index (χ0) is 31.7. The number of nitrogens with two attached hydrogens (primary N) is 3. The fourth-order valence-corrected chi connectivity index (χ4v) is 10.9. The van der Waals surface area contributed by atoms with Gasteiger partial charge in [-0.05, 0) is 109 Å². The van der Waals surface area contributed by atoms with E-state index in [4.69, 9.17) is 0 Å². The zero-order valence-electron chi connectivity index (χ0n) is 28.0. The molecule has 1 radical (unpaired) electrons. The van der Waals surface area contributed by atoms with Crippen molar-refractivity contribution in [1.29, 1.82) is 0 Å². The first-order chi connectivity index (χ1) is 20.5. The van der Waals surface area contributed by atoms with Crippen LogP contribution in [0.2, 0.25) is 0 Å². The molecule has 0 aliphatic heterocycles. The summed E-state index contributed by atoms with van der Waals surface area (Å²) < 4.78 is 0. The van der Waals surface area contributed by atoms with Gasteiger partial charge in [0.25, 0.3) is 0 Å². The number of hydrogen-bond acceptors (Lipinski definition) is 3. The number of aryl methyl sites for hydroxylation is 6. The van der Waals surface area contributed by atoms with E-state index in [0.717, 1.165) is 38.5 Å². The molecule has 3 nitrogen and oxygen atoms in total. The summed E-state index contributed by atoms with van der Waals surface area (Å²) in [7, 11) is 1.97. The first-order valence-corrected chi connectivity index (χ1v) is 17.9. The Hall–Kier alpha value is -2.76. The largest absolute Gasteiger partial charge is 0.333 e. The van der Waals surface area contributed by atoms with Crippen LogP contribution in [0.1, 0.15) is 74.9 Å². The number of hydrogen-bond donors (Lipinski definition) is 3. The zero-order valence-corrected chi connectivity index (χ0v) is 29.0. The van der Waals surface area contributed by atoms with Crippen LogP contribution in [0.15, 0.2) is 78.9 Å². The molecule has 0 spiro atoms. The van der Waals surface area contributed by atoms with Crippen LogP contribution >= 0.6 is 0 Å². The third kappa shape index (κ3) is 8.41. The molecule has 0 heterocycles. The maximum absolute atomic E-state index is 4.50. The Balaban J connectivity index is 0.00000138. The Bertz CT molecular complexity index is 1060. The highest BCUT2D eigenvalue weighted by molar-refractivity contribution is 7.15. The molecule has 4 rings (SSSR count). The molecule has 1 aliphatic rings. The predicted octanol–water partition coefficient (Wildman–Crippen LogP) is 5.50. The second-order valence-corrected chi connectivity index (χ2v) is 14.0. The van der Waals surface area contributed by atoms with Gasteiger partial charge >= 0.3 is 0 Å². The standard InChI is InChI=1S/C35H43Si.3CH5N/c1-7-26-17-27(8-2)21-33(20-26)36(32-15-13-14-16-32,34-22-28(9-3)18-29(10-4)23-34)35-24-30(11-5)19-31(12-6)25-35;3*1-2/h13-25H,7-12H2,1-6H3;3*2H2,1H3. The fourth-order valence-electron chi connectivity index (χ4n) is 5.79. The molecule has 1 aliphatic carbocycles. The van der Waals surface area contributed by atoms with E-state index in [9.17, 15) is 0 Å². The minimum absolute atomic E-state index is 1.07. The second-order valence-electron chi connectivity index (χ2n) is 10.2. The molecule has 0 aromatic heterocycles. The van der Waals surface area contributed by atoms with Gasteiger partial charge in [0.05, 0.1) is 0 Å². The van der Waals surface area contributed by atoms with Crippen molar-refractivity contribution in [2.75, 3.05) is 21.1 Å². The Kier molecular flexibility index (Phi) is 17.2. The van der Waals surface area contributed by atoms with Crippen LogP contribution in [0.3, 0.4) is 0 Å². The minimum Gasteiger partial charge on any atom is -0.333 e. The van der Waals surface area contributed by atoms with E-state index in [-0.39, 0.29) is 0 Å². The van der Waals surface area contributed by atoms with E-state index in [1.54, 1.807) is 0 Å². The van der Waals surface area contributed by atoms with Gasteiger partial charge < -0.3 is 17.2 Å². The van der Waals surface area contributed by atoms with Gasteiger partial charge in [-0.2, -0.15) is 0 Å². The van der Waals surface area contributed by atoms with E-state index in [1.165, 1.54) is 75.6 Å². The molecule has 0 fully saturated rings. The van der Waals surface area contributed by atoms with Gasteiger partial charge in [-0.15, -0.1) is 0 Å². The number of rotatable bonds is 10. The van der Waals surface area contributed by atoms with Gasteiger partial charge in [-0.3, -0.25) is 0 Å². The van der Waals surface area contributed by atoms with Crippen molar-refractivity contribution in [3.63, 3.8) is 0 Å². The molecule has 0 bridgehead atoms. The molecule has 4 heteroatoms. The highest BCUT2D eigenvalue weighted by atomic mass is 28.3. The molecule has 0 amide bonds. The van der Waals surface area contributed by atoms with Crippen LogP contribution in [0.4, 0.5) is 0 Å². The second kappa shape index (κ2) is 19.4. The molecule has 6 N–H and O–H groups in total. The Morgan fingerprint density at radius 1 is 0.381 bits per heavy atom. The first kappa shape index (κ1) is 37.3. The quantitative estimate of drug-likeness (QED) is 0.218. The van der Waals surface area contributed by atoms with Crippen molar-refractivity contribution >= 4 is 23.6 Å². The lowest BCUT2D eigenvalue weighted by molar-refractivity contribution is 1.09. The molecule has 3 aromatic rings. The van der Waals surface area contributed by atoms with Crippen LogP contribution in [0.5, 0.6) is 0 Å². The van der Waals surface area contributed by atoms with Crippen LogP contribution in [0, 0.1) is 5.54 Å². The van der Waals surface area contributed by atoms with Crippen LogP contribution < -0.4 is 32.8 Å². The predicted molar refractivity (Wildman–Crippen MR) is 192 cm³/mol. The molecule has 0 saturated heterocycles. The van der Waals surface area contributed by atoms with Crippen molar-refractivity contribution in [1.82, 2.24) is 0 Å². The van der Waals surface area contributed by atoms with Crippen molar-refractivity contribution in [3.8, 4) is 0 Å². The molecular weight excluding hydrogens is 527 g/mol. The summed E-state index contributed by atoms with van der Waals surface area (Å²) >= 11 is 0. The molecule has 0 unspecified atom stereocenters. The fraction of sp³-hybridized carbons (Fsp3) is 0.395. The summed E-state index contributed by atoms with van der Waals surface area (Å²) in [6, 6.07) is 22.6. The smallest absolute Gasteiger partial charge is 0.162 e. The van der Waals surface area contributed by atoms with Gasteiger partial charge in [0.15, 0.2) is 8.07 Å². The van der Waals surface area contributed by atoms with Crippen molar-refractivity contribution < 1.29 is 0 Å². The molecule has 3 aromatic carbocycles. The van der Waals surface area contributed by atoms with Crippen molar-refractivity contribution in [3.05, 3.63) is 118 Å². The van der Waals surface area contributed by atoms with E-state index < -0.39 is 8.07 Å². The Morgan fingerprint density at radius 2 is 0.595 bits per heavy atom. The summed E-state index contributed by atoms with van der Waals surface area (Å²) in [6.45, 7) is 13.8. The van der Waals surface area contributed by atoms with Gasteiger partial charge in [0.1, 0.15) is 0 Å². The lowest BCUT2D eigenvalue weighted by Crippen LogP contribution is -2.70. The highest BCUT2D eigenvalue weighted by Crippen LogP contribution is 2.28. The minimum atomic E-state index is -2.53. The van der Waals surface area contributed by atoms with E-state index in [0.29, 0.717) is 0 Å². The molecule has 0 saturated carbocycles. The SMILES string of the molecule is CCc1cc(CC)cc([Si]([C]2C=CC=C2)(c2cc(CC)cc(CC)c2)c2cc(CC)cc(CC)c2)c1.CN.CN.CN. The summed E-state index contributed by atoms with van der Waals surface area (Å²) in [4.78, 5) is 0. The summed E-state index contributed by atoms with van der Waals surface area (Å²) in [5.74, 6) is 0. The number of benzene rings is 3. The van der Waals surface area contributed by atoms with Gasteiger partial charge in [-0.1, -0.05) is 120 Å².